The Kier molecular flexibility index (Phi) is 6.05. The van der Waals surface area contributed by atoms with Gasteiger partial charge < -0.3 is 10.4 Å². The second-order valence-corrected chi connectivity index (χ2v) is 5.54. The summed E-state index contributed by atoms with van der Waals surface area (Å²) in [6.45, 7) is 4.33. The molecule has 1 rings (SSSR count). The minimum absolute atomic E-state index is 0.0407. The summed E-state index contributed by atoms with van der Waals surface area (Å²) in [6.07, 6.45) is 4.03. The van der Waals surface area contributed by atoms with Crippen LogP contribution in [0.1, 0.15) is 32.0 Å². The third kappa shape index (κ3) is 4.92. The Morgan fingerprint density at radius 1 is 1.56 bits per heavy atom. The number of aromatic nitrogens is 1. The second kappa shape index (κ2) is 7.07. The lowest BCUT2D eigenvalue weighted by atomic mass is 10.1. The predicted octanol–water partition coefficient (Wildman–Crippen LogP) is 2.38. The van der Waals surface area contributed by atoms with Crippen LogP contribution in [0.3, 0.4) is 0 Å². The average Bonchev–Trinajstić information content (AvgIpc) is 2.32. The molecule has 0 bridgehead atoms. The van der Waals surface area contributed by atoms with Gasteiger partial charge in [-0.1, -0.05) is 6.92 Å². The summed E-state index contributed by atoms with van der Waals surface area (Å²) in [4.78, 5) is 4.07. The van der Waals surface area contributed by atoms with Crippen molar-refractivity contribution >= 4 is 11.8 Å². The van der Waals surface area contributed by atoms with E-state index in [0.29, 0.717) is 12.3 Å². The number of pyridine rings is 1. The van der Waals surface area contributed by atoms with E-state index in [0.717, 1.165) is 12.1 Å². The first-order chi connectivity index (χ1) is 8.48. The number of thioether (sulfide) groups is 1. The Morgan fingerprint density at radius 2 is 2.28 bits per heavy atom. The Hall–Kier alpha value is -0.650. The standard InChI is InChI=1S/C13H21FN2OS/c1-4-11(12-6-5-10(14)7-15-12)16-8-13(2,17)9-18-3/h5-7,11,16-17H,4,8-9H2,1-3H3. The van der Waals surface area contributed by atoms with Gasteiger partial charge in [-0.25, -0.2) is 4.39 Å². The SMILES string of the molecule is CCC(NCC(C)(O)CSC)c1ccc(F)cn1. The van der Waals surface area contributed by atoms with Crippen LogP contribution in [0, 0.1) is 5.82 Å². The van der Waals surface area contributed by atoms with Crippen molar-refractivity contribution < 1.29 is 9.50 Å². The number of hydrogen-bond acceptors (Lipinski definition) is 4. The zero-order valence-corrected chi connectivity index (χ0v) is 11.9. The average molecular weight is 272 g/mol. The molecule has 0 saturated heterocycles. The monoisotopic (exact) mass is 272 g/mol. The van der Waals surface area contributed by atoms with Crippen molar-refractivity contribution in [3.63, 3.8) is 0 Å². The van der Waals surface area contributed by atoms with Gasteiger partial charge in [0.05, 0.1) is 17.5 Å². The minimum Gasteiger partial charge on any atom is -0.388 e. The molecule has 18 heavy (non-hydrogen) atoms. The van der Waals surface area contributed by atoms with E-state index in [1.165, 1.54) is 12.3 Å². The van der Waals surface area contributed by atoms with E-state index >= 15 is 0 Å². The molecule has 3 nitrogen and oxygen atoms in total. The second-order valence-electron chi connectivity index (χ2n) is 4.67. The minimum atomic E-state index is -0.743. The third-order valence-electron chi connectivity index (χ3n) is 2.70. The van der Waals surface area contributed by atoms with Crippen molar-refractivity contribution in [2.75, 3.05) is 18.6 Å². The summed E-state index contributed by atoms with van der Waals surface area (Å²) in [5.41, 5.74) is 0.0613. The largest absolute Gasteiger partial charge is 0.388 e. The molecule has 2 N–H and O–H groups in total. The molecule has 102 valence electrons. The zero-order chi connectivity index (χ0) is 13.6. The van der Waals surface area contributed by atoms with Crippen LogP contribution < -0.4 is 5.32 Å². The highest BCUT2D eigenvalue weighted by molar-refractivity contribution is 7.98. The molecular weight excluding hydrogens is 251 g/mol. The van der Waals surface area contributed by atoms with Crippen LogP contribution in [0.25, 0.3) is 0 Å². The fourth-order valence-electron chi connectivity index (χ4n) is 1.76. The van der Waals surface area contributed by atoms with Crippen LogP contribution in [-0.2, 0) is 0 Å². The van der Waals surface area contributed by atoms with E-state index in [-0.39, 0.29) is 11.9 Å². The van der Waals surface area contributed by atoms with E-state index in [1.54, 1.807) is 24.8 Å². The number of nitrogens with one attached hydrogen (secondary N) is 1. The van der Waals surface area contributed by atoms with E-state index < -0.39 is 5.60 Å². The van der Waals surface area contributed by atoms with Crippen LogP contribution in [0.5, 0.6) is 0 Å². The third-order valence-corrected chi connectivity index (χ3v) is 3.61. The van der Waals surface area contributed by atoms with Crippen LogP contribution in [0.2, 0.25) is 0 Å². The molecule has 0 aliphatic carbocycles. The quantitative estimate of drug-likeness (QED) is 0.800. The Bertz CT molecular complexity index is 357. The van der Waals surface area contributed by atoms with Crippen molar-refractivity contribution in [1.29, 1.82) is 0 Å². The summed E-state index contributed by atoms with van der Waals surface area (Å²) in [5.74, 6) is 0.343. The summed E-state index contributed by atoms with van der Waals surface area (Å²) in [6, 6.07) is 3.13. The normalized spacial score (nSPS) is 16.3. The summed E-state index contributed by atoms with van der Waals surface area (Å²) >= 11 is 1.61. The number of aliphatic hydroxyl groups is 1. The molecule has 2 atom stereocenters. The first-order valence-electron chi connectivity index (χ1n) is 6.04. The maximum Gasteiger partial charge on any atom is 0.141 e. The molecule has 0 aliphatic rings. The van der Waals surface area contributed by atoms with Crippen molar-refractivity contribution in [3.05, 3.63) is 29.8 Å². The lowest BCUT2D eigenvalue weighted by Gasteiger charge is -2.26. The summed E-state index contributed by atoms with van der Waals surface area (Å²) < 4.78 is 12.8. The molecule has 0 amide bonds. The fourth-order valence-corrected chi connectivity index (χ4v) is 2.48. The van der Waals surface area contributed by atoms with E-state index in [2.05, 4.69) is 10.3 Å². The van der Waals surface area contributed by atoms with Crippen LogP contribution in [-0.4, -0.2) is 34.2 Å². The van der Waals surface area contributed by atoms with Crippen molar-refractivity contribution in [2.45, 2.75) is 31.9 Å². The van der Waals surface area contributed by atoms with Gasteiger partial charge in [-0.2, -0.15) is 11.8 Å². The molecule has 0 fully saturated rings. The van der Waals surface area contributed by atoms with Crippen LogP contribution >= 0.6 is 11.8 Å². The number of rotatable bonds is 7. The van der Waals surface area contributed by atoms with Gasteiger partial charge in [-0.3, -0.25) is 4.98 Å². The lowest BCUT2D eigenvalue weighted by molar-refractivity contribution is 0.0810. The maximum absolute atomic E-state index is 12.8. The van der Waals surface area contributed by atoms with Crippen molar-refractivity contribution in [3.8, 4) is 0 Å². The van der Waals surface area contributed by atoms with Gasteiger partial charge in [0.25, 0.3) is 0 Å². The van der Waals surface area contributed by atoms with Gasteiger partial charge in [0.2, 0.25) is 0 Å². The number of hydrogen-bond donors (Lipinski definition) is 2. The summed E-state index contributed by atoms with van der Waals surface area (Å²) in [7, 11) is 0. The molecule has 1 aromatic heterocycles. The van der Waals surface area contributed by atoms with Gasteiger partial charge in [0.1, 0.15) is 5.82 Å². The zero-order valence-electron chi connectivity index (χ0n) is 11.1. The topological polar surface area (TPSA) is 45.1 Å². The number of nitrogens with zero attached hydrogens (tertiary/aromatic N) is 1. The van der Waals surface area contributed by atoms with E-state index in [4.69, 9.17) is 0 Å². The molecule has 1 aromatic rings. The molecular formula is C13H21FN2OS. The Labute approximate surface area is 112 Å². The molecule has 1 heterocycles. The van der Waals surface area contributed by atoms with Crippen molar-refractivity contribution in [1.82, 2.24) is 10.3 Å². The molecule has 0 radical (unpaired) electrons. The Balaban J connectivity index is 2.60. The highest BCUT2D eigenvalue weighted by atomic mass is 32.2. The highest BCUT2D eigenvalue weighted by Gasteiger charge is 2.21. The molecule has 2 unspecified atom stereocenters. The number of halogens is 1. The molecule has 5 heteroatoms. The maximum atomic E-state index is 12.8. The van der Waals surface area contributed by atoms with Crippen molar-refractivity contribution in [2.24, 2.45) is 0 Å². The van der Waals surface area contributed by atoms with Crippen LogP contribution in [0.15, 0.2) is 18.3 Å². The molecule has 0 saturated carbocycles. The van der Waals surface area contributed by atoms with Gasteiger partial charge in [-0.05, 0) is 31.7 Å². The smallest absolute Gasteiger partial charge is 0.141 e. The Morgan fingerprint density at radius 3 is 2.78 bits per heavy atom. The first kappa shape index (κ1) is 15.4. The fraction of sp³-hybridized carbons (Fsp3) is 0.615. The molecule has 0 spiro atoms. The van der Waals surface area contributed by atoms with E-state index in [9.17, 15) is 9.50 Å². The van der Waals surface area contributed by atoms with Gasteiger partial charge in [0, 0.05) is 18.3 Å². The van der Waals surface area contributed by atoms with Gasteiger partial charge >= 0.3 is 0 Å². The highest BCUT2D eigenvalue weighted by Crippen LogP contribution is 2.16. The van der Waals surface area contributed by atoms with E-state index in [1.807, 2.05) is 13.2 Å². The first-order valence-corrected chi connectivity index (χ1v) is 7.44. The molecule has 0 aromatic carbocycles. The predicted molar refractivity (Wildman–Crippen MR) is 74.2 cm³/mol. The van der Waals surface area contributed by atoms with Gasteiger partial charge in [-0.15, -0.1) is 0 Å². The summed E-state index contributed by atoms with van der Waals surface area (Å²) in [5, 5.41) is 13.4. The van der Waals surface area contributed by atoms with Crippen LogP contribution in [0.4, 0.5) is 4.39 Å². The molecule has 0 aliphatic heterocycles. The van der Waals surface area contributed by atoms with Gasteiger partial charge in [0.15, 0.2) is 0 Å². The lowest BCUT2D eigenvalue weighted by Crippen LogP contribution is -2.41.